The zero-order chi connectivity index (χ0) is 8.27. The number of carboxylic acid groups (broad SMARTS) is 1. The van der Waals surface area contributed by atoms with Crippen molar-refractivity contribution in [2.75, 3.05) is 5.73 Å². The third kappa shape index (κ3) is 2.50. The molecule has 0 fully saturated rings. The Balaban J connectivity index is 2.45. The molecule has 11 heavy (non-hydrogen) atoms. The van der Waals surface area contributed by atoms with Crippen molar-refractivity contribution in [3.63, 3.8) is 0 Å². The summed E-state index contributed by atoms with van der Waals surface area (Å²) in [4.78, 5) is 9.99. The number of carboxylic acids is 1. The number of rotatable bonds is 3. The van der Waals surface area contributed by atoms with Crippen molar-refractivity contribution in [1.29, 1.82) is 0 Å². The lowest BCUT2D eigenvalue weighted by molar-refractivity contribution is -0.305. The summed E-state index contributed by atoms with van der Waals surface area (Å²) in [6, 6.07) is 0. The maximum absolute atomic E-state index is 9.99. The highest BCUT2D eigenvalue weighted by atomic mass is 32.1. The van der Waals surface area contributed by atoms with Crippen molar-refractivity contribution in [1.82, 2.24) is 10.2 Å². The number of carbonyl (C=O) groups excluding carboxylic acids is 1. The number of aryl methyl sites for hydroxylation is 1. The molecule has 1 heterocycles. The molecule has 0 spiro atoms. The topological polar surface area (TPSA) is 91.9 Å². The molecule has 6 heteroatoms. The molecule has 0 aromatic carbocycles. The number of carbonyl (C=O) groups is 1. The zero-order valence-corrected chi connectivity index (χ0v) is 6.43. The SMILES string of the molecule is Nc1nnc(CCC(=O)[O-])s1. The van der Waals surface area contributed by atoms with Crippen LogP contribution in [0, 0.1) is 0 Å². The Morgan fingerprint density at radius 2 is 2.36 bits per heavy atom. The van der Waals surface area contributed by atoms with E-state index >= 15 is 0 Å². The number of nitrogens with two attached hydrogens (primary N) is 1. The highest BCUT2D eigenvalue weighted by Gasteiger charge is 1.99. The minimum atomic E-state index is -1.08. The standard InChI is InChI=1S/C5H7N3O2S/c6-5-8-7-3(11-5)1-2-4(9)10/h1-2H2,(H2,6,8)(H,9,10)/p-1. The fourth-order valence-electron chi connectivity index (χ4n) is 0.577. The van der Waals surface area contributed by atoms with Gasteiger partial charge < -0.3 is 15.6 Å². The summed E-state index contributed by atoms with van der Waals surface area (Å²) in [5.41, 5.74) is 5.27. The van der Waals surface area contributed by atoms with Crippen LogP contribution in [0.2, 0.25) is 0 Å². The van der Waals surface area contributed by atoms with Crippen LogP contribution in [0.5, 0.6) is 0 Å². The van der Waals surface area contributed by atoms with Gasteiger partial charge in [0.1, 0.15) is 5.01 Å². The Morgan fingerprint density at radius 3 is 2.82 bits per heavy atom. The molecule has 0 amide bonds. The van der Waals surface area contributed by atoms with E-state index in [-0.39, 0.29) is 6.42 Å². The van der Waals surface area contributed by atoms with Crippen LogP contribution in [0.1, 0.15) is 11.4 Å². The second-order valence-electron chi connectivity index (χ2n) is 1.91. The quantitative estimate of drug-likeness (QED) is 0.618. The first kappa shape index (κ1) is 7.93. The maximum Gasteiger partial charge on any atom is 0.203 e. The van der Waals surface area contributed by atoms with E-state index in [1.165, 1.54) is 11.3 Å². The molecule has 0 aliphatic carbocycles. The molecule has 0 atom stereocenters. The molecule has 0 unspecified atom stereocenters. The van der Waals surface area contributed by atoms with E-state index in [1.807, 2.05) is 0 Å². The molecular weight excluding hydrogens is 166 g/mol. The number of nitrogens with zero attached hydrogens (tertiary/aromatic N) is 2. The third-order valence-corrected chi connectivity index (χ3v) is 1.84. The zero-order valence-electron chi connectivity index (χ0n) is 5.61. The molecule has 0 saturated carbocycles. The van der Waals surface area contributed by atoms with Gasteiger partial charge in [0.2, 0.25) is 5.13 Å². The van der Waals surface area contributed by atoms with Crippen molar-refractivity contribution < 1.29 is 9.90 Å². The van der Waals surface area contributed by atoms with E-state index in [4.69, 9.17) is 5.73 Å². The Bertz CT molecular complexity index is 260. The van der Waals surface area contributed by atoms with Gasteiger partial charge in [-0.3, -0.25) is 0 Å². The van der Waals surface area contributed by atoms with Gasteiger partial charge in [0, 0.05) is 12.4 Å². The molecule has 2 N–H and O–H groups in total. The van der Waals surface area contributed by atoms with Crippen LogP contribution in [0.15, 0.2) is 0 Å². The molecule has 5 nitrogen and oxygen atoms in total. The van der Waals surface area contributed by atoms with Gasteiger partial charge in [-0.05, 0) is 6.42 Å². The maximum atomic E-state index is 9.99. The van der Waals surface area contributed by atoms with Gasteiger partial charge in [-0.15, -0.1) is 10.2 Å². The lowest BCUT2D eigenvalue weighted by Gasteiger charge is -1.95. The Labute approximate surface area is 66.9 Å². The number of aliphatic carboxylic acids is 1. The fraction of sp³-hybridized carbons (Fsp3) is 0.400. The largest absolute Gasteiger partial charge is 0.550 e. The Kier molecular flexibility index (Phi) is 2.37. The van der Waals surface area contributed by atoms with Crippen LogP contribution < -0.4 is 10.8 Å². The predicted molar refractivity (Wildman–Crippen MR) is 37.6 cm³/mol. The summed E-state index contributed by atoms with van der Waals surface area (Å²) >= 11 is 1.19. The van der Waals surface area contributed by atoms with Crippen molar-refractivity contribution in [3.05, 3.63) is 5.01 Å². The van der Waals surface area contributed by atoms with Gasteiger partial charge >= 0.3 is 0 Å². The van der Waals surface area contributed by atoms with Crippen LogP contribution in [-0.2, 0) is 11.2 Å². The molecule has 0 aliphatic rings. The van der Waals surface area contributed by atoms with Crippen LogP contribution >= 0.6 is 11.3 Å². The lowest BCUT2D eigenvalue weighted by atomic mass is 10.3. The van der Waals surface area contributed by atoms with E-state index < -0.39 is 5.97 Å². The first-order valence-electron chi connectivity index (χ1n) is 2.96. The number of nitrogen functional groups attached to an aromatic ring is 1. The number of hydrogen-bond donors (Lipinski definition) is 1. The van der Waals surface area contributed by atoms with Crippen LogP contribution in [0.4, 0.5) is 5.13 Å². The average Bonchev–Trinajstić information content (AvgIpc) is 2.31. The minimum absolute atomic E-state index is 0.0331. The van der Waals surface area contributed by atoms with Crippen molar-refractivity contribution >= 4 is 22.4 Å². The average molecular weight is 172 g/mol. The Morgan fingerprint density at radius 1 is 1.64 bits per heavy atom. The molecule has 0 aliphatic heterocycles. The van der Waals surface area contributed by atoms with Crippen molar-refractivity contribution in [2.24, 2.45) is 0 Å². The predicted octanol–water partition coefficient (Wildman–Crippen LogP) is -1.20. The molecular formula is C5H6N3O2S-. The van der Waals surface area contributed by atoms with Gasteiger partial charge in [-0.25, -0.2) is 0 Å². The van der Waals surface area contributed by atoms with Gasteiger partial charge in [0.15, 0.2) is 0 Å². The number of aromatic nitrogens is 2. The number of anilines is 1. The second kappa shape index (κ2) is 3.29. The van der Waals surface area contributed by atoms with Gasteiger partial charge in [0.05, 0.1) is 0 Å². The molecule has 1 aromatic heterocycles. The monoisotopic (exact) mass is 172 g/mol. The highest BCUT2D eigenvalue weighted by molar-refractivity contribution is 7.15. The van der Waals surface area contributed by atoms with Crippen molar-refractivity contribution in [2.45, 2.75) is 12.8 Å². The molecule has 1 aromatic rings. The van der Waals surface area contributed by atoms with E-state index in [2.05, 4.69) is 10.2 Å². The van der Waals surface area contributed by atoms with Gasteiger partial charge in [-0.1, -0.05) is 11.3 Å². The van der Waals surface area contributed by atoms with E-state index in [0.717, 1.165) is 0 Å². The molecule has 60 valence electrons. The fourth-order valence-corrected chi connectivity index (χ4v) is 1.19. The lowest BCUT2D eigenvalue weighted by Crippen LogP contribution is -2.22. The van der Waals surface area contributed by atoms with E-state index in [9.17, 15) is 9.90 Å². The number of hydrogen-bond acceptors (Lipinski definition) is 6. The summed E-state index contributed by atoms with van der Waals surface area (Å²) in [6.07, 6.45) is 0.311. The Hall–Kier alpha value is -1.17. The third-order valence-electron chi connectivity index (χ3n) is 1.03. The molecule has 1 rings (SSSR count). The minimum Gasteiger partial charge on any atom is -0.550 e. The van der Waals surface area contributed by atoms with Gasteiger partial charge in [-0.2, -0.15) is 0 Å². The highest BCUT2D eigenvalue weighted by Crippen LogP contribution is 2.11. The van der Waals surface area contributed by atoms with E-state index in [0.29, 0.717) is 16.6 Å². The summed E-state index contributed by atoms with van der Waals surface area (Å²) in [5.74, 6) is -1.08. The van der Waals surface area contributed by atoms with Crippen molar-refractivity contribution in [3.8, 4) is 0 Å². The molecule has 0 saturated heterocycles. The normalized spacial score (nSPS) is 9.82. The smallest absolute Gasteiger partial charge is 0.203 e. The first-order chi connectivity index (χ1) is 5.18. The molecule has 0 bridgehead atoms. The summed E-state index contributed by atoms with van der Waals surface area (Å²) in [6.45, 7) is 0. The molecule has 0 radical (unpaired) electrons. The second-order valence-corrected chi connectivity index (χ2v) is 3.00. The first-order valence-corrected chi connectivity index (χ1v) is 3.78. The summed E-state index contributed by atoms with van der Waals surface area (Å²) < 4.78 is 0. The van der Waals surface area contributed by atoms with Crippen LogP contribution in [-0.4, -0.2) is 16.2 Å². The van der Waals surface area contributed by atoms with Gasteiger partial charge in [0.25, 0.3) is 0 Å². The van der Waals surface area contributed by atoms with Crippen LogP contribution in [0.3, 0.4) is 0 Å². The van der Waals surface area contributed by atoms with E-state index in [1.54, 1.807) is 0 Å². The van der Waals surface area contributed by atoms with Crippen LogP contribution in [0.25, 0.3) is 0 Å². The summed E-state index contributed by atoms with van der Waals surface area (Å²) in [5, 5.41) is 18.2. The summed E-state index contributed by atoms with van der Waals surface area (Å²) in [7, 11) is 0.